The summed E-state index contributed by atoms with van der Waals surface area (Å²) in [4.78, 5) is 8.90. The standard InChI is InChI=1S/C16H23N.C2HF3O2/c1-12(2)13-3-5-14(6-4-13)15-7-8-16(9-15)10-17-11-16;3-2(4,5)1(6)7/h3-6,12,15,17H,7-11H2,1-2H3;(H,6,7). The Bertz CT molecular complexity index is 563. The van der Waals surface area contributed by atoms with Gasteiger partial charge < -0.3 is 10.4 Å². The molecule has 3 rings (SSSR count). The Kier molecular flexibility index (Phi) is 5.58. The summed E-state index contributed by atoms with van der Waals surface area (Å²) in [7, 11) is 0. The second-order valence-corrected chi connectivity index (χ2v) is 7.17. The highest BCUT2D eigenvalue weighted by atomic mass is 19.4. The number of aliphatic carboxylic acids is 1. The van der Waals surface area contributed by atoms with E-state index in [4.69, 9.17) is 9.90 Å². The molecule has 3 nitrogen and oxygen atoms in total. The molecule has 1 aromatic carbocycles. The van der Waals surface area contributed by atoms with Crippen LogP contribution in [0.2, 0.25) is 0 Å². The SMILES string of the molecule is CC(C)c1ccc(C2CCC3(CNC3)C2)cc1.O=C(O)C(F)(F)F. The van der Waals surface area contributed by atoms with E-state index in [2.05, 4.69) is 43.4 Å². The smallest absolute Gasteiger partial charge is 0.475 e. The van der Waals surface area contributed by atoms with Crippen molar-refractivity contribution in [1.82, 2.24) is 5.32 Å². The molecule has 1 heterocycles. The third-order valence-corrected chi connectivity index (χ3v) is 5.02. The summed E-state index contributed by atoms with van der Waals surface area (Å²) in [5.74, 6) is -1.29. The molecule has 6 heteroatoms. The largest absolute Gasteiger partial charge is 0.490 e. The lowest BCUT2D eigenvalue weighted by Crippen LogP contribution is -2.51. The van der Waals surface area contributed by atoms with Gasteiger partial charge in [0.25, 0.3) is 0 Å². The van der Waals surface area contributed by atoms with Gasteiger partial charge in [0.15, 0.2) is 0 Å². The maximum Gasteiger partial charge on any atom is 0.490 e. The van der Waals surface area contributed by atoms with Gasteiger partial charge in [0.05, 0.1) is 0 Å². The Morgan fingerprint density at radius 3 is 2.12 bits per heavy atom. The van der Waals surface area contributed by atoms with Gasteiger partial charge in [0.1, 0.15) is 0 Å². The number of hydrogen-bond donors (Lipinski definition) is 2. The first kappa shape index (κ1) is 18.8. The number of nitrogens with one attached hydrogen (secondary N) is 1. The summed E-state index contributed by atoms with van der Waals surface area (Å²) >= 11 is 0. The van der Waals surface area contributed by atoms with Gasteiger partial charge in [-0.2, -0.15) is 13.2 Å². The maximum absolute atomic E-state index is 10.6. The van der Waals surface area contributed by atoms with E-state index in [-0.39, 0.29) is 0 Å². The second-order valence-electron chi connectivity index (χ2n) is 7.17. The van der Waals surface area contributed by atoms with E-state index in [0.29, 0.717) is 11.3 Å². The molecular weight excluding hydrogens is 319 g/mol. The van der Waals surface area contributed by atoms with Crippen LogP contribution in [0.5, 0.6) is 0 Å². The predicted molar refractivity (Wildman–Crippen MR) is 86.1 cm³/mol. The zero-order chi connectivity index (χ0) is 18.0. The molecule has 1 unspecified atom stereocenters. The van der Waals surface area contributed by atoms with Crippen molar-refractivity contribution in [1.29, 1.82) is 0 Å². The first-order valence-electron chi connectivity index (χ1n) is 8.24. The van der Waals surface area contributed by atoms with Crippen molar-refractivity contribution in [3.8, 4) is 0 Å². The normalized spacial score (nSPS) is 22.0. The summed E-state index contributed by atoms with van der Waals surface area (Å²) in [5, 5.41) is 10.6. The number of rotatable bonds is 2. The Morgan fingerprint density at radius 2 is 1.79 bits per heavy atom. The van der Waals surface area contributed by atoms with Crippen LogP contribution < -0.4 is 5.32 Å². The topological polar surface area (TPSA) is 49.3 Å². The molecular formula is C18H24F3NO2. The monoisotopic (exact) mass is 343 g/mol. The van der Waals surface area contributed by atoms with Crippen LogP contribution in [0.25, 0.3) is 0 Å². The Hall–Kier alpha value is -1.56. The fourth-order valence-corrected chi connectivity index (χ4v) is 3.44. The van der Waals surface area contributed by atoms with Crippen molar-refractivity contribution in [2.45, 2.75) is 51.1 Å². The summed E-state index contributed by atoms with van der Waals surface area (Å²) < 4.78 is 31.7. The van der Waals surface area contributed by atoms with E-state index in [1.54, 1.807) is 5.56 Å². The maximum atomic E-state index is 10.6. The Balaban J connectivity index is 0.000000256. The fraction of sp³-hybridized carbons (Fsp3) is 0.611. The molecule has 1 atom stereocenters. The lowest BCUT2D eigenvalue weighted by atomic mass is 9.79. The summed E-state index contributed by atoms with van der Waals surface area (Å²) in [6, 6.07) is 9.38. The van der Waals surface area contributed by atoms with Gasteiger partial charge in [-0.3, -0.25) is 0 Å². The molecule has 2 fully saturated rings. The Labute approximate surface area is 140 Å². The molecule has 1 aliphatic heterocycles. The molecule has 1 aliphatic carbocycles. The van der Waals surface area contributed by atoms with E-state index in [9.17, 15) is 13.2 Å². The molecule has 0 bridgehead atoms. The highest BCUT2D eigenvalue weighted by molar-refractivity contribution is 5.73. The van der Waals surface area contributed by atoms with Gasteiger partial charge in [0.2, 0.25) is 0 Å². The van der Waals surface area contributed by atoms with Crippen molar-refractivity contribution in [3.63, 3.8) is 0 Å². The molecule has 2 N–H and O–H groups in total. The summed E-state index contributed by atoms with van der Waals surface area (Å²) in [5.41, 5.74) is 3.70. The molecule has 0 aromatic heterocycles. The minimum atomic E-state index is -5.08. The van der Waals surface area contributed by atoms with Crippen molar-refractivity contribution in [2.24, 2.45) is 5.41 Å². The first-order chi connectivity index (χ1) is 11.1. The minimum absolute atomic E-state index is 0.648. The molecule has 1 saturated heterocycles. The van der Waals surface area contributed by atoms with Crippen molar-refractivity contribution in [2.75, 3.05) is 13.1 Å². The van der Waals surface area contributed by atoms with Gasteiger partial charge >= 0.3 is 12.1 Å². The number of carboxylic acids is 1. The number of carbonyl (C=O) groups is 1. The minimum Gasteiger partial charge on any atom is -0.475 e. The number of hydrogen-bond acceptors (Lipinski definition) is 2. The van der Waals surface area contributed by atoms with E-state index in [1.807, 2.05) is 0 Å². The van der Waals surface area contributed by atoms with Gasteiger partial charge in [-0.15, -0.1) is 0 Å². The zero-order valence-corrected chi connectivity index (χ0v) is 14.0. The quantitative estimate of drug-likeness (QED) is 0.842. The van der Waals surface area contributed by atoms with Crippen LogP contribution in [-0.4, -0.2) is 30.3 Å². The number of halogens is 3. The summed E-state index contributed by atoms with van der Waals surface area (Å²) in [6.07, 6.45) is -0.861. The highest BCUT2D eigenvalue weighted by Crippen LogP contribution is 2.48. The fourth-order valence-electron chi connectivity index (χ4n) is 3.44. The van der Waals surface area contributed by atoms with Crippen molar-refractivity contribution >= 4 is 5.97 Å². The van der Waals surface area contributed by atoms with Gasteiger partial charge in [-0.05, 0) is 47.6 Å². The van der Waals surface area contributed by atoms with Crippen LogP contribution in [0, 0.1) is 5.41 Å². The predicted octanol–water partition coefficient (Wildman–Crippen LogP) is 4.30. The average Bonchev–Trinajstić information content (AvgIpc) is 2.92. The number of alkyl halides is 3. The lowest BCUT2D eigenvalue weighted by Gasteiger charge is -2.39. The third-order valence-electron chi connectivity index (χ3n) is 5.02. The first-order valence-corrected chi connectivity index (χ1v) is 8.24. The van der Waals surface area contributed by atoms with E-state index in [0.717, 1.165) is 5.92 Å². The summed E-state index contributed by atoms with van der Waals surface area (Å²) in [6.45, 7) is 7.04. The van der Waals surface area contributed by atoms with Gasteiger partial charge in [-0.25, -0.2) is 4.79 Å². The molecule has 1 saturated carbocycles. The lowest BCUT2D eigenvalue weighted by molar-refractivity contribution is -0.192. The van der Waals surface area contributed by atoms with E-state index in [1.165, 1.54) is 37.9 Å². The molecule has 134 valence electrons. The van der Waals surface area contributed by atoms with Crippen LogP contribution >= 0.6 is 0 Å². The average molecular weight is 343 g/mol. The van der Waals surface area contributed by atoms with Crippen LogP contribution in [0.4, 0.5) is 13.2 Å². The second kappa shape index (κ2) is 7.13. The van der Waals surface area contributed by atoms with Crippen LogP contribution in [0.15, 0.2) is 24.3 Å². The van der Waals surface area contributed by atoms with Gasteiger partial charge in [-0.1, -0.05) is 38.1 Å². The van der Waals surface area contributed by atoms with Crippen molar-refractivity contribution in [3.05, 3.63) is 35.4 Å². The van der Waals surface area contributed by atoms with Gasteiger partial charge in [0, 0.05) is 13.1 Å². The molecule has 2 aliphatic rings. The molecule has 24 heavy (non-hydrogen) atoms. The molecule has 0 amide bonds. The highest BCUT2D eigenvalue weighted by Gasteiger charge is 2.43. The van der Waals surface area contributed by atoms with Crippen LogP contribution in [-0.2, 0) is 4.79 Å². The Morgan fingerprint density at radius 1 is 1.25 bits per heavy atom. The zero-order valence-electron chi connectivity index (χ0n) is 14.0. The molecule has 1 spiro atoms. The van der Waals surface area contributed by atoms with Crippen molar-refractivity contribution < 1.29 is 23.1 Å². The molecule has 1 aromatic rings. The number of benzene rings is 1. The van der Waals surface area contributed by atoms with Crippen LogP contribution in [0.1, 0.15) is 56.1 Å². The third kappa shape index (κ3) is 4.50. The van der Waals surface area contributed by atoms with Crippen LogP contribution in [0.3, 0.4) is 0 Å². The van der Waals surface area contributed by atoms with E-state index < -0.39 is 12.1 Å². The van der Waals surface area contributed by atoms with E-state index >= 15 is 0 Å². The number of carboxylic acid groups (broad SMARTS) is 1. The molecule has 0 radical (unpaired) electrons.